The number of aryl methyl sites for hydroxylation is 1. The van der Waals surface area contributed by atoms with Gasteiger partial charge in [-0.05, 0) is 24.1 Å². The van der Waals surface area contributed by atoms with Crippen LogP contribution in [-0.4, -0.2) is 11.1 Å². The van der Waals surface area contributed by atoms with Crippen LogP contribution >= 0.6 is 0 Å². The van der Waals surface area contributed by atoms with Gasteiger partial charge in [-0.3, -0.25) is 0 Å². The summed E-state index contributed by atoms with van der Waals surface area (Å²) in [5.74, 6) is -0.915. The molecule has 0 aliphatic rings. The first-order valence-electron chi connectivity index (χ1n) is 5.74. The van der Waals surface area contributed by atoms with Crippen LogP contribution in [-0.2, 0) is 4.79 Å². The van der Waals surface area contributed by atoms with Crippen LogP contribution in [0.2, 0.25) is 0 Å². The van der Waals surface area contributed by atoms with E-state index in [1.165, 1.54) is 0 Å². The van der Waals surface area contributed by atoms with E-state index in [0.29, 0.717) is 11.1 Å². The molecule has 0 aliphatic heterocycles. The van der Waals surface area contributed by atoms with Gasteiger partial charge in [-0.15, -0.1) is 0 Å². The van der Waals surface area contributed by atoms with Crippen LogP contribution in [0, 0.1) is 6.92 Å². The topological polar surface area (TPSA) is 37.3 Å². The predicted octanol–water partition coefficient (Wildman–Crippen LogP) is 3.62. The van der Waals surface area contributed by atoms with Gasteiger partial charge in [0, 0.05) is 0 Å². The molecule has 90 valence electrons. The van der Waals surface area contributed by atoms with E-state index in [2.05, 4.69) is 0 Å². The number of carboxylic acid groups (broad SMARTS) is 1. The molecule has 0 bridgehead atoms. The summed E-state index contributed by atoms with van der Waals surface area (Å²) in [6, 6.07) is 16.9. The second-order valence-electron chi connectivity index (χ2n) is 4.14. The van der Waals surface area contributed by atoms with Crippen LogP contribution in [0.15, 0.2) is 54.6 Å². The molecule has 0 fully saturated rings. The van der Waals surface area contributed by atoms with Crippen molar-refractivity contribution >= 4 is 17.6 Å². The first-order chi connectivity index (χ1) is 8.66. The van der Waals surface area contributed by atoms with E-state index in [9.17, 15) is 9.90 Å². The molecule has 18 heavy (non-hydrogen) atoms. The Morgan fingerprint density at radius 2 is 1.61 bits per heavy atom. The summed E-state index contributed by atoms with van der Waals surface area (Å²) >= 11 is 0. The lowest BCUT2D eigenvalue weighted by Gasteiger charge is -2.03. The van der Waals surface area contributed by atoms with Crippen LogP contribution in [0.4, 0.5) is 0 Å². The molecule has 0 unspecified atom stereocenters. The first kappa shape index (κ1) is 12.1. The lowest BCUT2D eigenvalue weighted by atomic mass is 10.0. The molecule has 2 rings (SSSR count). The Balaban J connectivity index is 2.43. The molecular formula is C16H14O2. The molecule has 0 atom stereocenters. The minimum absolute atomic E-state index is 0.305. The van der Waals surface area contributed by atoms with E-state index in [4.69, 9.17) is 0 Å². The molecule has 0 saturated heterocycles. The number of hydrogen-bond donors (Lipinski definition) is 1. The summed E-state index contributed by atoms with van der Waals surface area (Å²) in [7, 11) is 0. The van der Waals surface area contributed by atoms with Crippen molar-refractivity contribution < 1.29 is 9.90 Å². The summed E-state index contributed by atoms with van der Waals surface area (Å²) in [6.07, 6.45) is 1.69. The third-order valence-electron chi connectivity index (χ3n) is 2.70. The van der Waals surface area contributed by atoms with Crippen molar-refractivity contribution in [3.8, 4) is 0 Å². The zero-order valence-corrected chi connectivity index (χ0v) is 10.1. The third-order valence-corrected chi connectivity index (χ3v) is 2.70. The Kier molecular flexibility index (Phi) is 3.58. The molecule has 0 heterocycles. The summed E-state index contributed by atoms with van der Waals surface area (Å²) in [5, 5.41) is 9.27. The lowest BCUT2D eigenvalue weighted by Crippen LogP contribution is -1.99. The molecule has 0 aliphatic carbocycles. The van der Waals surface area contributed by atoms with E-state index in [1.807, 2.05) is 49.4 Å². The largest absolute Gasteiger partial charge is 0.478 e. The molecule has 1 N–H and O–H groups in total. The minimum Gasteiger partial charge on any atom is -0.478 e. The second-order valence-corrected chi connectivity index (χ2v) is 4.14. The molecule has 0 radical (unpaired) electrons. The summed E-state index contributed by atoms with van der Waals surface area (Å²) in [6.45, 7) is 2.00. The van der Waals surface area contributed by atoms with Crippen molar-refractivity contribution in [1.82, 2.24) is 0 Å². The highest BCUT2D eigenvalue weighted by Gasteiger charge is 2.09. The highest BCUT2D eigenvalue weighted by Crippen LogP contribution is 2.18. The van der Waals surface area contributed by atoms with Gasteiger partial charge in [-0.2, -0.15) is 0 Å². The Labute approximate surface area is 106 Å². The summed E-state index contributed by atoms with van der Waals surface area (Å²) in [5.41, 5.74) is 3.07. The van der Waals surface area contributed by atoms with Crippen molar-refractivity contribution in [1.29, 1.82) is 0 Å². The highest BCUT2D eigenvalue weighted by molar-refractivity contribution is 6.20. The molecule has 0 amide bonds. The standard InChI is InChI=1S/C16H14O2/c1-12-7-9-13(10-8-12)11-15(16(17)18)14-5-3-2-4-6-14/h2-11H,1H3,(H,17,18)/b15-11+. The quantitative estimate of drug-likeness (QED) is 0.655. The Morgan fingerprint density at radius 3 is 2.17 bits per heavy atom. The monoisotopic (exact) mass is 238 g/mol. The van der Waals surface area contributed by atoms with Gasteiger partial charge in [0.1, 0.15) is 0 Å². The molecule has 2 nitrogen and oxygen atoms in total. The van der Waals surface area contributed by atoms with Crippen LogP contribution in [0.3, 0.4) is 0 Å². The van der Waals surface area contributed by atoms with Gasteiger partial charge in [-0.1, -0.05) is 60.2 Å². The van der Waals surface area contributed by atoms with Crippen molar-refractivity contribution in [3.05, 3.63) is 71.3 Å². The Bertz CT molecular complexity index is 566. The summed E-state index contributed by atoms with van der Waals surface area (Å²) < 4.78 is 0. The maximum Gasteiger partial charge on any atom is 0.336 e. The zero-order valence-electron chi connectivity index (χ0n) is 10.1. The van der Waals surface area contributed by atoms with E-state index < -0.39 is 5.97 Å². The minimum atomic E-state index is -0.915. The van der Waals surface area contributed by atoms with Gasteiger partial charge in [0.2, 0.25) is 0 Å². The van der Waals surface area contributed by atoms with Crippen molar-refractivity contribution in [3.63, 3.8) is 0 Å². The number of benzene rings is 2. The van der Waals surface area contributed by atoms with Crippen molar-refractivity contribution in [2.75, 3.05) is 0 Å². The number of rotatable bonds is 3. The van der Waals surface area contributed by atoms with Crippen molar-refractivity contribution in [2.45, 2.75) is 6.92 Å². The smallest absolute Gasteiger partial charge is 0.336 e. The maximum atomic E-state index is 11.3. The van der Waals surface area contributed by atoms with Crippen LogP contribution in [0.1, 0.15) is 16.7 Å². The molecule has 2 heteroatoms. The van der Waals surface area contributed by atoms with E-state index >= 15 is 0 Å². The fraction of sp³-hybridized carbons (Fsp3) is 0.0625. The molecule has 0 saturated carbocycles. The van der Waals surface area contributed by atoms with Gasteiger partial charge in [0.15, 0.2) is 0 Å². The number of hydrogen-bond acceptors (Lipinski definition) is 1. The highest BCUT2D eigenvalue weighted by atomic mass is 16.4. The van der Waals surface area contributed by atoms with Crippen LogP contribution in [0.25, 0.3) is 11.6 Å². The fourth-order valence-electron chi connectivity index (χ4n) is 1.72. The number of carbonyl (C=O) groups is 1. The molecular weight excluding hydrogens is 224 g/mol. The average Bonchev–Trinajstić information content (AvgIpc) is 2.38. The van der Waals surface area contributed by atoms with Crippen molar-refractivity contribution in [2.24, 2.45) is 0 Å². The van der Waals surface area contributed by atoms with E-state index in [0.717, 1.165) is 11.1 Å². The van der Waals surface area contributed by atoms with Gasteiger partial charge in [0.25, 0.3) is 0 Å². The van der Waals surface area contributed by atoms with Crippen LogP contribution < -0.4 is 0 Å². The molecule has 2 aromatic carbocycles. The number of aliphatic carboxylic acids is 1. The third kappa shape index (κ3) is 2.86. The Morgan fingerprint density at radius 1 is 1.00 bits per heavy atom. The first-order valence-corrected chi connectivity index (χ1v) is 5.74. The van der Waals surface area contributed by atoms with E-state index in [-0.39, 0.29) is 0 Å². The Hall–Kier alpha value is -2.35. The van der Waals surface area contributed by atoms with Gasteiger partial charge in [0.05, 0.1) is 5.57 Å². The number of carboxylic acids is 1. The summed E-state index contributed by atoms with van der Waals surface area (Å²) in [4.78, 5) is 11.3. The zero-order chi connectivity index (χ0) is 13.0. The van der Waals surface area contributed by atoms with E-state index in [1.54, 1.807) is 18.2 Å². The maximum absolute atomic E-state index is 11.3. The van der Waals surface area contributed by atoms with Crippen LogP contribution in [0.5, 0.6) is 0 Å². The average molecular weight is 238 g/mol. The fourth-order valence-corrected chi connectivity index (χ4v) is 1.72. The predicted molar refractivity (Wildman–Crippen MR) is 73.1 cm³/mol. The lowest BCUT2D eigenvalue weighted by molar-refractivity contribution is -0.130. The molecule has 2 aromatic rings. The SMILES string of the molecule is Cc1ccc(/C=C(/C(=O)O)c2ccccc2)cc1. The normalized spacial score (nSPS) is 11.3. The van der Waals surface area contributed by atoms with Gasteiger partial charge < -0.3 is 5.11 Å². The van der Waals surface area contributed by atoms with Gasteiger partial charge in [-0.25, -0.2) is 4.79 Å². The van der Waals surface area contributed by atoms with Gasteiger partial charge >= 0.3 is 5.97 Å². The molecule has 0 spiro atoms. The molecule has 0 aromatic heterocycles. The second kappa shape index (κ2) is 5.32.